The van der Waals surface area contributed by atoms with Crippen LogP contribution in [0, 0.1) is 11.2 Å². The van der Waals surface area contributed by atoms with Crippen LogP contribution in [0.2, 0.25) is 0 Å². The fraction of sp³-hybridized carbons (Fsp3) is 0.600. The zero-order valence-corrected chi connectivity index (χ0v) is 11.4. The van der Waals surface area contributed by atoms with Gasteiger partial charge in [0, 0.05) is 12.1 Å². The van der Waals surface area contributed by atoms with E-state index in [1.54, 1.807) is 6.07 Å². The molecule has 1 fully saturated rings. The van der Waals surface area contributed by atoms with Crippen LogP contribution in [0.25, 0.3) is 0 Å². The first-order chi connectivity index (χ1) is 8.54. The molecule has 0 aromatic heterocycles. The maximum absolute atomic E-state index is 13.8. The highest BCUT2D eigenvalue weighted by Crippen LogP contribution is 2.34. The molecule has 1 aromatic rings. The fourth-order valence-corrected chi connectivity index (χ4v) is 2.57. The van der Waals surface area contributed by atoms with Gasteiger partial charge in [-0.1, -0.05) is 32.4 Å². The molecule has 100 valence electrons. The summed E-state index contributed by atoms with van der Waals surface area (Å²) in [4.78, 5) is 2.33. The van der Waals surface area contributed by atoms with Gasteiger partial charge in [-0.05, 0) is 37.4 Å². The normalized spacial score (nSPS) is 19.9. The van der Waals surface area contributed by atoms with E-state index in [0.29, 0.717) is 12.0 Å². The number of piperidine rings is 1. The van der Waals surface area contributed by atoms with Gasteiger partial charge in [-0.3, -0.25) is 4.90 Å². The lowest BCUT2D eigenvalue weighted by atomic mass is 9.78. The van der Waals surface area contributed by atoms with Crippen molar-refractivity contribution in [1.82, 2.24) is 4.90 Å². The van der Waals surface area contributed by atoms with Crippen LogP contribution >= 0.6 is 0 Å². The maximum Gasteiger partial charge on any atom is 0.150 e. The topological polar surface area (TPSA) is 29.3 Å². The second-order valence-electron chi connectivity index (χ2n) is 5.76. The lowest BCUT2D eigenvalue weighted by molar-refractivity contribution is 0.109. The number of anilines is 1. The molecule has 3 heteroatoms. The second kappa shape index (κ2) is 5.27. The summed E-state index contributed by atoms with van der Waals surface area (Å²) in [5.41, 5.74) is 7.04. The van der Waals surface area contributed by atoms with Gasteiger partial charge in [0.15, 0.2) is 5.82 Å². The van der Waals surface area contributed by atoms with Crippen molar-refractivity contribution < 1.29 is 4.39 Å². The van der Waals surface area contributed by atoms with Gasteiger partial charge >= 0.3 is 0 Å². The number of hydrogen-bond acceptors (Lipinski definition) is 2. The van der Waals surface area contributed by atoms with Gasteiger partial charge in [-0.25, -0.2) is 4.39 Å². The number of nitrogens with two attached hydrogens (primary N) is 1. The predicted octanol–water partition coefficient (Wildman–Crippen LogP) is 3.42. The largest absolute Gasteiger partial charge is 0.396 e. The quantitative estimate of drug-likeness (QED) is 0.833. The molecule has 2 rings (SSSR count). The highest BCUT2D eigenvalue weighted by Gasteiger charge is 2.28. The van der Waals surface area contributed by atoms with Gasteiger partial charge in [0.2, 0.25) is 0 Å². The van der Waals surface area contributed by atoms with Crippen molar-refractivity contribution >= 4 is 5.69 Å². The molecule has 0 aliphatic carbocycles. The lowest BCUT2D eigenvalue weighted by Gasteiger charge is -2.39. The van der Waals surface area contributed by atoms with Crippen molar-refractivity contribution in [1.29, 1.82) is 0 Å². The van der Waals surface area contributed by atoms with Crippen LogP contribution < -0.4 is 5.73 Å². The molecular formula is C15H23FN2. The van der Waals surface area contributed by atoms with Crippen molar-refractivity contribution in [2.45, 2.75) is 39.7 Å². The Morgan fingerprint density at radius 2 is 2.00 bits per heavy atom. The second-order valence-corrected chi connectivity index (χ2v) is 5.76. The van der Waals surface area contributed by atoms with E-state index in [4.69, 9.17) is 5.73 Å². The van der Waals surface area contributed by atoms with Gasteiger partial charge in [0.25, 0.3) is 0 Å². The number of rotatable bonds is 3. The molecule has 1 heterocycles. The van der Waals surface area contributed by atoms with Crippen LogP contribution in [0.15, 0.2) is 18.2 Å². The standard InChI is InChI=1S/C15H23FN2/c1-3-15(2)7-9-18(10-8-15)11-12-5-4-6-13(17)14(12)16/h4-6H,3,7-11,17H2,1-2H3. The molecule has 1 aliphatic rings. The van der Waals surface area contributed by atoms with Crippen LogP contribution in [0.4, 0.5) is 10.1 Å². The van der Waals surface area contributed by atoms with Gasteiger partial charge < -0.3 is 5.73 Å². The average molecular weight is 250 g/mol. The van der Waals surface area contributed by atoms with Crippen LogP contribution in [0.3, 0.4) is 0 Å². The van der Waals surface area contributed by atoms with E-state index < -0.39 is 0 Å². The minimum absolute atomic E-state index is 0.249. The zero-order chi connectivity index (χ0) is 13.2. The number of hydrogen-bond donors (Lipinski definition) is 1. The Balaban J connectivity index is 1.98. The summed E-state index contributed by atoms with van der Waals surface area (Å²) in [6.45, 7) is 7.40. The SMILES string of the molecule is CCC1(C)CCN(Cc2cccc(N)c2F)CC1. The molecule has 0 spiro atoms. The number of nitrogens with zero attached hydrogens (tertiary/aromatic N) is 1. The first-order valence-corrected chi connectivity index (χ1v) is 6.79. The van der Waals surface area contributed by atoms with Gasteiger partial charge in [0.1, 0.15) is 0 Å². The highest BCUT2D eigenvalue weighted by molar-refractivity contribution is 5.42. The van der Waals surface area contributed by atoms with E-state index in [1.165, 1.54) is 19.3 Å². The van der Waals surface area contributed by atoms with E-state index in [-0.39, 0.29) is 11.5 Å². The molecule has 0 amide bonds. The summed E-state index contributed by atoms with van der Waals surface area (Å²) >= 11 is 0. The minimum atomic E-state index is -0.249. The lowest BCUT2D eigenvalue weighted by Crippen LogP contribution is -2.38. The molecule has 0 atom stereocenters. The third-order valence-electron chi connectivity index (χ3n) is 4.42. The van der Waals surface area contributed by atoms with Crippen molar-refractivity contribution in [3.05, 3.63) is 29.6 Å². The molecule has 18 heavy (non-hydrogen) atoms. The molecule has 1 aliphatic heterocycles. The Morgan fingerprint density at radius 1 is 1.33 bits per heavy atom. The Morgan fingerprint density at radius 3 is 2.61 bits per heavy atom. The molecular weight excluding hydrogens is 227 g/mol. The van der Waals surface area contributed by atoms with Crippen molar-refractivity contribution in [3.8, 4) is 0 Å². The number of benzene rings is 1. The minimum Gasteiger partial charge on any atom is -0.396 e. The molecule has 0 radical (unpaired) electrons. The first-order valence-electron chi connectivity index (χ1n) is 6.79. The van der Waals surface area contributed by atoms with Crippen LogP contribution in [0.1, 0.15) is 38.7 Å². The van der Waals surface area contributed by atoms with Crippen LogP contribution in [0.5, 0.6) is 0 Å². The molecule has 2 N–H and O–H groups in total. The van der Waals surface area contributed by atoms with Gasteiger partial charge in [-0.2, -0.15) is 0 Å². The molecule has 0 unspecified atom stereocenters. The summed E-state index contributed by atoms with van der Waals surface area (Å²) in [7, 11) is 0. The summed E-state index contributed by atoms with van der Waals surface area (Å²) in [5, 5.41) is 0. The Hall–Kier alpha value is -1.09. The monoisotopic (exact) mass is 250 g/mol. The summed E-state index contributed by atoms with van der Waals surface area (Å²) in [6, 6.07) is 5.27. The smallest absolute Gasteiger partial charge is 0.150 e. The Labute approximate surface area is 109 Å². The van der Waals surface area contributed by atoms with Crippen LogP contribution in [-0.4, -0.2) is 18.0 Å². The van der Waals surface area contributed by atoms with Crippen LogP contribution in [-0.2, 0) is 6.54 Å². The molecule has 1 aromatic carbocycles. The fourth-order valence-electron chi connectivity index (χ4n) is 2.57. The van der Waals surface area contributed by atoms with Crippen molar-refractivity contribution in [2.24, 2.45) is 5.41 Å². The molecule has 0 saturated carbocycles. The highest BCUT2D eigenvalue weighted by atomic mass is 19.1. The third kappa shape index (κ3) is 2.83. The van der Waals surface area contributed by atoms with Gasteiger partial charge in [-0.15, -0.1) is 0 Å². The number of halogens is 1. The summed E-state index contributed by atoms with van der Waals surface area (Å²) < 4.78 is 13.8. The number of likely N-dealkylation sites (tertiary alicyclic amines) is 1. The van der Waals surface area contributed by atoms with Crippen molar-refractivity contribution in [2.75, 3.05) is 18.8 Å². The van der Waals surface area contributed by atoms with E-state index in [1.807, 2.05) is 12.1 Å². The van der Waals surface area contributed by atoms with E-state index in [2.05, 4.69) is 18.7 Å². The molecule has 0 bridgehead atoms. The maximum atomic E-state index is 13.8. The zero-order valence-electron chi connectivity index (χ0n) is 11.4. The van der Waals surface area contributed by atoms with E-state index in [0.717, 1.165) is 18.7 Å². The van der Waals surface area contributed by atoms with E-state index in [9.17, 15) is 4.39 Å². The third-order valence-corrected chi connectivity index (χ3v) is 4.42. The predicted molar refractivity (Wildman–Crippen MR) is 73.7 cm³/mol. The summed E-state index contributed by atoms with van der Waals surface area (Å²) in [6.07, 6.45) is 3.63. The van der Waals surface area contributed by atoms with Gasteiger partial charge in [0.05, 0.1) is 5.69 Å². The number of nitrogen functional groups attached to an aromatic ring is 1. The Kier molecular flexibility index (Phi) is 3.91. The first kappa shape index (κ1) is 13.3. The molecule has 2 nitrogen and oxygen atoms in total. The van der Waals surface area contributed by atoms with Crippen molar-refractivity contribution in [3.63, 3.8) is 0 Å². The Bertz CT molecular complexity index is 409. The average Bonchev–Trinajstić information content (AvgIpc) is 2.38. The molecule has 1 saturated heterocycles. The summed E-state index contributed by atoms with van der Waals surface area (Å²) in [5.74, 6) is -0.249. The van der Waals surface area contributed by atoms with E-state index >= 15 is 0 Å².